The molecule has 4 rings (SSSR count). The zero-order valence-electron chi connectivity index (χ0n) is 17.5. The molecule has 3 aromatic rings. The molecule has 5 nitrogen and oxygen atoms in total. The van der Waals surface area contributed by atoms with Gasteiger partial charge in [0.25, 0.3) is 0 Å². The molecule has 164 valence electrons. The molecule has 0 aliphatic heterocycles. The molecule has 0 spiro atoms. The zero-order chi connectivity index (χ0) is 22.5. The second-order valence-electron chi connectivity index (χ2n) is 8.05. The van der Waals surface area contributed by atoms with Gasteiger partial charge < -0.3 is 9.30 Å². The van der Waals surface area contributed by atoms with E-state index in [0.717, 1.165) is 29.1 Å². The number of sulfone groups is 1. The molecule has 1 aromatic heterocycles. The van der Waals surface area contributed by atoms with Crippen molar-refractivity contribution in [3.63, 3.8) is 0 Å². The van der Waals surface area contributed by atoms with E-state index in [9.17, 15) is 17.6 Å². The summed E-state index contributed by atoms with van der Waals surface area (Å²) in [6, 6.07) is 9.55. The molecule has 2 aromatic carbocycles. The number of aryl methyl sites for hydroxylation is 1. The van der Waals surface area contributed by atoms with Crippen molar-refractivity contribution < 1.29 is 22.3 Å². The molecule has 8 heteroatoms. The Labute approximate surface area is 185 Å². The number of hydrogen-bond donors (Lipinski definition) is 0. The predicted octanol–water partition coefficient (Wildman–Crippen LogP) is 5.04. The van der Waals surface area contributed by atoms with Crippen molar-refractivity contribution in [1.82, 2.24) is 4.57 Å². The molecular weight excluding hydrogens is 441 g/mol. The Morgan fingerprint density at radius 2 is 1.97 bits per heavy atom. The molecule has 0 fully saturated rings. The number of esters is 1. The fourth-order valence-electron chi connectivity index (χ4n) is 4.68. The van der Waals surface area contributed by atoms with Crippen molar-refractivity contribution in [2.45, 2.75) is 43.0 Å². The monoisotopic (exact) mass is 463 g/mol. The maximum absolute atomic E-state index is 14.5. The molecule has 1 heterocycles. The van der Waals surface area contributed by atoms with Gasteiger partial charge in [-0.1, -0.05) is 23.7 Å². The molecular formula is C23H23ClFNO4S. The summed E-state index contributed by atoms with van der Waals surface area (Å²) in [5, 5.41) is 1.18. The van der Waals surface area contributed by atoms with Gasteiger partial charge in [0.15, 0.2) is 9.84 Å². The van der Waals surface area contributed by atoms with Crippen LogP contribution < -0.4 is 0 Å². The van der Waals surface area contributed by atoms with Crippen LogP contribution in [0.4, 0.5) is 4.39 Å². The maximum Gasteiger partial charge on any atom is 0.306 e. The van der Waals surface area contributed by atoms with E-state index in [4.69, 9.17) is 16.3 Å². The minimum Gasteiger partial charge on any atom is -0.469 e. The lowest BCUT2D eigenvalue weighted by Crippen LogP contribution is -2.16. The van der Waals surface area contributed by atoms with Gasteiger partial charge in [0.05, 0.1) is 30.0 Å². The summed E-state index contributed by atoms with van der Waals surface area (Å²) in [5.41, 5.74) is 3.18. The first-order valence-electron chi connectivity index (χ1n) is 10.00. The van der Waals surface area contributed by atoms with Gasteiger partial charge in [0.2, 0.25) is 0 Å². The second-order valence-corrected chi connectivity index (χ2v) is 10.5. The van der Waals surface area contributed by atoms with Gasteiger partial charge in [-0.2, -0.15) is 0 Å². The maximum atomic E-state index is 14.5. The van der Waals surface area contributed by atoms with Crippen LogP contribution in [0.5, 0.6) is 0 Å². The van der Waals surface area contributed by atoms with Crippen molar-refractivity contribution in [1.29, 1.82) is 0 Å². The van der Waals surface area contributed by atoms with Crippen LogP contribution in [0.3, 0.4) is 0 Å². The van der Waals surface area contributed by atoms with Crippen molar-refractivity contribution in [3.8, 4) is 0 Å². The molecule has 2 atom stereocenters. The van der Waals surface area contributed by atoms with E-state index in [0.29, 0.717) is 28.8 Å². The number of rotatable bonds is 5. The summed E-state index contributed by atoms with van der Waals surface area (Å²) in [6.07, 6.45) is 2.63. The number of benzene rings is 2. The normalized spacial score (nSPS) is 17.0. The van der Waals surface area contributed by atoms with E-state index in [1.54, 1.807) is 12.1 Å². The first kappa shape index (κ1) is 21.8. The summed E-state index contributed by atoms with van der Waals surface area (Å²) in [6.45, 7) is 1.96. The van der Waals surface area contributed by atoms with Crippen molar-refractivity contribution >= 4 is 38.3 Å². The van der Waals surface area contributed by atoms with Crippen molar-refractivity contribution in [3.05, 3.63) is 64.1 Å². The number of carbonyl (C=O) groups is 1. The third-order valence-corrected chi connectivity index (χ3v) is 7.45. The average molecular weight is 464 g/mol. The first-order chi connectivity index (χ1) is 14.6. The van der Waals surface area contributed by atoms with E-state index in [1.165, 1.54) is 13.2 Å². The zero-order valence-corrected chi connectivity index (χ0v) is 19.1. The number of fused-ring (bicyclic) bond motifs is 3. The van der Waals surface area contributed by atoms with Crippen LogP contribution in [-0.2, 0) is 25.8 Å². The van der Waals surface area contributed by atoms with Crippen LogP contribution >= 0.6 is 11.6 Å². The highest BCUT2D eigenvalue weighted by molar-refractivity contribution is 7.91. The van der Waals surface area contributed by atoms with E-state index >= 15 is 0 Å². The molecule has 0 unspecified atom stereocenters. The van der Waals surface area contributed by atoms with Gasteiger partial charge >= 0.3 is 5.97 Å². The van der Waals surface area contributed by atoms with Crippen LogP contribution in [0.25, 0.3) is 10.9 Å². The van der Waals surface area contributed by atoms with Crippen LogP contribution in [-0.4, -0.2) is 32.3 Å². The van der Waals surface area contributed by atoms with Crippen LogP contribution in [0.15, 0.2) is 41.3 Å². The molecule has 0 N–H and O–H groups in total. The van der Waals surface area contributed by atoms with Gasteiger partial charge in [0, 0.05) is 28.3 Å². The third-order valence-electron chi connectivity index (χ3n) is 6.08. The van der Waals surface area contributed by atoms with Gasteiger partial charge in [-0.15, -0.1) is 0 Å². The summed E-state index contributed by atoms with van der Waals surface area (Å²) in [5.74, 6) is -1.06. The molecule has 0 radical (unpaired) electrons. The number of ether oxygens (including phenoxy) is 1. The van der Waals surface area contributed by atoms with Crippen molar-refractivity contribution in [2.24, 2.45) is 0 Å². The summed E-state index contributed by atoms with van der Waals surface area (Å²) in [7, 11) is -2.35. The molecule has 1 aliphatic rings. The largest absolute Gasteiger partial charge is 0.469 e. The van der Waals surface area contributed by atoms with Crippen LogP contribution in [0.2, 0.25) is 5.02 Å². The molecule has 0 amide bonds. The summed E-state index contributed by atoms with van der Waals surface area (Å²) in [4.78, 5) is 12.0. The van der Waals surface area contributed by atoms with Crippen molar-refractivity contribution in [2.75, 3.05) is 13.4 Å². The Hall–Kier alpha value is -2.38. The van der Waals surface area contributed by atoms with E-state index < -0.39 is 15.7 Å². The summed E-state index contributed by atoms with van der Waals surface area (Å²) < 4.78 is 46.5. The summed E-state index contributed by atoms with van der Waals surface area (Å²) >= 11 is 6.05. The number of halogens is 2. The minimum absolute atomic E-state index is 0.0467. The lowest BCUT2D eigenvalue weighted by molar-refractivity contribution is -0.141. The SMILES string of the molecule is COC(=O)C[C@H]1CCc2c1n([C@@H](C)c1ccc(Cl)cc1)c1c(S(C)(=O)=O)cc(F)cc21. The van der Waals surface area contributed by atoms with Gasteiger partial charge in [-0.3, -0.25) is 4.79 Å². The Kier molecular flexibility index (Phi) is 5.60. The van der Waals surface area contributed by atoms with E-state index in [2.05, 4.69) is 0 Å². The van der Waals surface area contributed by atoms with Gasteiger partial charge in [-0.25, -0.2) is 12.8 Å². The third kappa shape index (κ3) is 3.85. The number of carbonyl (C=O) groups excluding carboxylic acids is 1. The number of methoxy groups -OCH3 is 1. The predicted molar refractivity (Wildman–Crippen MR) is 118 cm³/mol. The number of nitrogens with zero attached hydrogens (tertiary/aromatic N) is 1. The van der Waals surface area contributed by atoms with Gasteiger partial charge in [-0.05, 0) is 55.2 Å². The Balaban J connectivity index is 2.05. The van der Waals surface area contributed by atoms with Crippen LogP contribution in [0.1, 0.15) is 48.5 Å². The fourth-order valence-corrected chi connectivity index (χ4v) is 5.69. The number of aromatic nitrogens is 1. The van der Waals surface area contributed by atoms with Crippen LogP contribution in [0, 0.1) is 5.82 Å². The molecule has 0 saturated heterocycles. The first-order valence-corrected chi connectivity index (χ1v) is 12.3. The smallest absolute Gasteiger partial charge is 0.306 e. The highest BCUT2D eigenvalue weighted by atomic mass is 35.5. The molecule has 0 bridgehead atoms. The Morgan fingerprint density at radius 3 is 2.58 bits per heavy atom. The Morgan fingerprint density at radius 1 is 1.29 bits per heavy atom. The minimum atomic E-state index is -3.70. The molecule has 31 heavy (non-hydrogen) atoms. The highest BCUT2D eigenvalue weighted by Gasteiger charge is 2.35. The topological polar surface area (TPSA) is 65.4 Å². The average Bonchev–Trinajstić information content (AvgIpc) is 3.25. The quantitative estimate of drug-likeness (QED) is 0.497. The second kappa shape index (κ2) is 7.95. The van der Waals surface area contributed by atoms with E-state index in [1.807, 2.05) is 23.6 Å². The van der Waals surface area contributed by atoms with E-state index in [-0.39, 0.29) is 29.2 Å². The Bertz CT molecular complexity index is 1280. The lowest BCUT2D eigenvalue weighted by Gasteiger charge is -2.23. The lowest BCUT2D eigenvalue weighted by atomic mass is 10.0. The highest BCUT2D eigenvalue weighted by Crippen LogP contribution is 2.46. The van der Waals surface area contributed by atoms with Gasteiger partial charge in [0.1, 0.15) is 5.82 Å². The fraction of sp³-hybridized carbons (Fsp3) is 0.348. The number of hydrogen-bond acceptors (Lipinski definition) is 4. The molecule has 0 saturated carbocycles. The molecule has 1 aliphatic carbocycles. The standard InChI is InChI=1S/C23H23ClFNO4S/c1-13(14-4-7-16(24)8-5-14)26-22-15(10-21(27)30-2)6-9-18(22)19-11-17(25)12-20(23(19)26)31(3,28)29/h4-5,7-8,11-13,15H,6,9-10H2,1-3H3/t13-,15+/m0/s1.